The fourth-order valence-electron chi connectivity index (χ4n) is 3.18. The van der Waals surface area contributed by atoms with E-state index in [4.69, 9.17) is 14.2 Å². The minimum atomic E-state index is -0.334. The third-order valence-electron chi connectivity index (χ3n) is 4.63. The van der Waals surface area contributed by atoms with Crippen molar-refractivity contribution >= 4 is 19.4 Å². The van der Waals surface area contributed by atoms with Gasteiger partial charge < -0.3 is 0 Å². The van der Waals surface area contributed by atoms with E-state index >= 15 is 0 Å². The van der Waals surface area contributed by atoms with Crippen LogP contribution < -0.4 is 4.46 Å². The Morgan fingerprint density at radius 2 is 1.25 bits per heavy atom. The second-order valence-electron chi connectivity index (χ2n) is 6.73. The molecule has 1 aliphatic rings. The molecule has 3 aromatic carbocycles. The van der Waals surface area contributed by atoms with Crippen LogP contribution in [0, 0.1) is 0 Å². The molecular formula is C24H24O3Se. The van der Waals surface area contributed by atoms with E-state index in [1.54, 1.807) is 0 Å². The molecule has 0 radical (unpaired) electrons. The molecule has 0 unspecified atom stereocenters. The Balaban J connectivity index is 1.43. The van der Waals surface area contributed by atoms with E-state index in [0.29, 0.717) is 24.6 Å². The standard InChI is InChI=1S/C24H24O3Se/c1-4-10-19(11-5-1)16-25-23-22(28-21-14-8-3-9-15-21)18-27-24(23)26-17-20-12-6-2-7-13-20/h1-15,22-24H,16-18H2/t22-,23+,24+/m1/s1. The Bertz CT molecular complexity index is 826. The van der Waals surface area contributed by atoms with E-state index in [1.807, 2.05) is 36.4 Å². The van der Waals surface area contributed by atoms with Gasteiger partial charge >= 0.3 is 173 Å². The van der Waals surface area contributed by atoms with Crippen molar-refractivity contribution in [1.82, 2.24) is 0 Å². The molecule has 0 saturated carbocycles. The normalized spacial score (nSPS) is 21.6. The molecule has 1 saturated heterocycles. The van der Waals surface area contributed by atoms with Crippen molar-refractivity contribution in [2.45, 2.75) is 30.4 Å². The van der Waals surface area contributed by atoms with Gasteiger partial charge in [0.2, 0.25) is 0 Å². The number of hydrogen-bond acceptors (Lipinski definition) is 3. The summed E-state index contributed by atoms with van der Waals surface area (Å²) in [6.45, 7) is 1.77. The van der Waals surface area contributed by atoms with Crippen LogP contribution in [0.3, 0.4) is 0 Å². The maximum absolute atomic E-state index is 6.34. The zero-order chi connectivity index (χ0) is 19.0. The minimum absolute atomic E-state index is 0.0656. The third-order valence-corrected chi connectivity index (χ3v) is 7.26. The fraction of sp³-hybridized carbons (Fsp3) is 0.250. The van der Waals surface area contributed by atoms with Gasteiger partial charge in [0.1, 0.15) is 0 Å². The van der Waals surface area contributed by atoms with Crippen molar-refractivity contribution in [3.8, 4) is 0 Å². The Labute approximate surface area is 172 Å². The van der Waals surface area contributed by atoms with E-state index in [1.165, 1.54) is 10.0 Å². The van der Waals surface area contributed by atoms with Crippen LogP contribution in [0.4, 0.5) is 0 Å². The molecule has 3 nitrogen and oxygen atoms in total. The van der Waals surface area contributed by atoms with Crippen LogP contribution in [0.15, 0.2) is 91.0 Å². The average Bonchev–Trinajstić information content (AvgIpc) is 3.14. The summed E-state index contributed by atoms with van der Waals surface area (Å²) in [5.41, 5.74) is 2.31. The summed E-state index contributed by atoms with van der Waals surface area (Å²) in [6, 6.07) is 31.1. The van der Waals surface area contributed by atoms with Crippen LogP contribution in [0.1, 0.15) is 11.1 Å². The van der Waals surface area contributed by atoms with Crippen molar-refractivity contribution in [1.29, 1.82) is 0 Å². The monoisotopic (exact) mass is 440 g/mol. The second kappa shape index (κ2) is 10.0. The van der Waals surface area contributed by atoms with Crippen LogP contribution in [-0.2, 0) is 27.4 Å². The molecule has 0 bridgehead atoms. The van der Waals surface area contributed by atoms with Gasteiger partial charge in [0.15, 0.2) is 0 Å². The first-order chi connectivity index (χ1) is 13.9. The summed E-state index contributed by atoms with van der Waals surface area (Å²) < 4.78 is 19.9. The quantitative estimate of drug-likeness (QED) is 0.498. The summed E-state index contributed by atoms with van der Waals surface area (Å²) in [4.78, 5) is 0.333. The van der Waals surface area contributed by atoms with Crippen molar-refractivity contribution in [3.05, 3.63) is 102 Å². The van der Waals surface area contributed by atoms with E-state index in [9.17, 15) is 0 Å². The number of benzene rings is 3. The molecule has 3 aromatic rings. The van der Waals surface area contributed by atoms with Gasteiger partial charge in [-0.15, -0.1) is 0 Å². The summed E-state index contributed by atoms with van der Waals surface area (Å²) in [7, 11) is 0. The molecule has 0 spiro atoms. The van der Waals surface area contributed by atoms with E-state index in [-0.39, 0.29) is 27.4 Å². The average molecular weight is 439 g/mol. The number of ether oxygens (including phenoxy) is 3. The molecule has 1 heterocycles. The predicted molar refractivity (Wildman–Crippen MR) is 112 cm³/mol. The van der Waals surface area contributed by atoms with Gasteiger partial charge in [-0.2, -0.15) is 0 Å². The van der Waals surface area contributed by atoms with Crippen LogP contribution in [0.5, 0.6) is 0 Å². The molecule has 3 atom stereocenters. The van der Waals surface area contributed by atoms with E-state index < -0.39 is 0 Å². The summed E-state index contributed by atoms with van der Waals surface area (Å²) >= 11 is 0.271. The molecule has 4 rings (SSSR count). The Morgan fingerprint density at radius 1 is 0.714 bits per heavy atom. The van der Waals surface area contributed by atoms with Crippen molar-refractivity contribution < 1.29 is 14.2 Å². The maximum atomic E-state index is 6.34. The van der Waals surface area contributed by atoms with E-state index in [0.717, 1.165) is 5.56 Å². The van der Waals surface area contributed by atoms with Gasteiger partial charge in [0, 0.05) is 0 Å². The summed E-state index contributed by atoms with van der Waals surface area (Å²) in [5.74, 6) is 0. The van der Waals surface area contributed by atoms with Gasteiger partial charge in [-0.3, -0.25) is 0 Å². The fourth-order valence-corrected chi connectivity index (χ4v) is 5.59. The molecule has 1 fully saturated rings. The van der Waals surface area contributed by atoms with Gasteiger partial charge in [-0.1, -0.05) is 0 Å². The molecule has 0 N–H and O–H groups in total. The van der Waals surface area contributed by atoms with Gasteiger partial charge in [-0.05, 0) is 0 Å². The Morgan fingerprint density at radius 3 is 1.86 bits per heavy atom. The van der Waals surface area contributed by atoms with Crippen LogP contribution >= 0.6 is 0 Å². The molecule has 4 heteroatoms. The molecule has 28 heavy (non-hydrogen) atoms. The second-order valence-corrected chi connectivity index (χ2v) is 9.48. The van der Waals surface area contributed by atoms with Crippen molar-refractivity contribution in [2.75, 3.05) is 6.61 Å². The third kappa shape index (κ3) is 5.32. The molecular weight excluding hydrogens is 415 g/mol. The zero-order valence-corrected chi connectivity index (χ0v) is 17.4. The first-order valence-electron chi connectivity index (χ1n) is 9.53. The topological polar surface area (TPSA) is 27.7 Å². The SMILES string of the molecule is c1ccc(CO[C@H]2OC[C@@H]([Se]c3ccccc3)[C@@H]2OCc2ccccc2)cc1. The van der Waals surface area contributed by atoms with Crippen molar-refractivity contribution in [3.63, 3.8) is 0 Å². The summed E-state index contributed by atoms with van der Waals surface area (Å²) in [6.07, 6.45) is -0.399. The zero-order valence-electron chi connectivity index (χ0n) is 15.6. The molecule has 0 aromatic heterocycles. The predicted octanol–water partition coefficient (Wildman–Crippen LogP) is 3.96. The first-order valence-corrected chi connectivity index (χ1v) is 11.4. The van der Waals surface area contributed by atoms with Crippen molar-refractivity contribution in [2.24, 2.45) is 0 Å². The number of hydrogen-bond donors (Lipinski definition) is 0. The van der Waals surface area contributed by atoms with Crippen LogP contribution in [-0.4, -0.2) is 34.0 Å². The Hall–Kier alpha value is -1.94. The molecule has 1 aliphatic heterocycles. The molecule has 0 amide bonds. The molecule has 0 aliphatic carbocycles. The summed E-state index contributed by atoms with van der Waals surface area (Å²) in [5, 5.41) is 0. The molecule has 144 valence electrons. The van der Waals surface area contributed by atoms with Gasteiger partial charge in [0.05, 0.1) is 0 Å². The van der Waals surface area contributed by atoms with E-state index in [2.05, 4.69) is 54.6 Å². The number of rotatable bonds is 8. The first kappa shape index (κ1) is 19.4. The van der Waals surface area contributed by atoms with Gasteiger partial charge in [0.25, 0.3) is 0 Å². The van der Waals surface area contributed by atoms with Crippen LogP contribution in [0.2, 0.25) is 4.82 Å². The van der Waals surface area contributed by atoms with Gasteiger partial charge in [-0.25, -0.2) is 0 Å². The Kier molecular flexibility index (Phi) is 6.93. The van der Waals surface area contributed by atoms with Crippen LogP contribution in [0.25, 0.3) is 0 Å².